The molecule has 7 heteroatoms. The van der Waals surface area contributed by atoms with E-state index in [4.69, 9.17) is 18.9 Å². The number of benzene rings is 4. The maximum absolute atomic E-state index is 13.3. The Morgan fingerprint density at radius 1 is 0.732 bits per heavy atom. The van der Waals surface area contributed by atoms with Crippen molar-refractivity contribution >= 4 is 5.78 Å². The molecule has 1 saturated heterocycles. The molecule has 1 heterocycles. The fourth-order valence-electron chi connectivity index (χ4n) is 5.08. The van der Waals surface area contributed by atoms with Crippen LogP contribution in [0.1, 0.15) is 34.0 Å². The van der Waals surface area contributed by atoms with Crippen molar-refractivity contribution in [1.82, 2.24) is 0 Å². The third-order valence-corrected chi connectivity index (χ3v) is 7.05. The zero-order valence-electron chi connectivity index (χ0n) is 22.9. The number of carbonyl (C=O) groups is 1. The van der Waals surface area contributed by atoms with E-state index >= 15 is 0 Å². The highest BCUT2D eigenvalue weighted by Gasteiger charge is 2.37. The topological polar surface area (TPSA) is 94.5 Å². The van der Waals surface area contributed by atoms with Crippen LogP contribution in [0.3, 0.4) is 0 Å². The average Bonchev–Trinajstić information content (AvgIpc) is 3.42. The lowest BCUT2D eigenvalue weighted by Crippen LogP contribution is -2.29. The Morgan fingerprint density at radius 3 is 1.71 bits per heavy atom. The molecular formula is C34H34O7. The van der Waals surface area contributed by atoms with Gasteiger partial charge in [-0.2, -0.15) is 0 Å². The molecule has 212 valence electrons. The first-order valence-corrected chi connectivity index (χ1v) is 13.7. The largest absolute Gasteiger partial charge is 0.488 e. The van der Waals surface area contributed by atoms with Crippen LogP contribution in [0.4, 0.5) is 0 Å². The lowest BCUT2D eigenvalue weighted by molar-refractivity contribution is -0.0724. The molecule has 5 rings (SSSR count). The van der Waals surface area contributed by atoms with Crippen molar-refractivity contribution in [1.29, 1.82) is 0 Å². The molecule has 0 saturated carbocycles. The number of aliphatic hydroxyl groups excluding tert-OH is 2. The van der Waals surface area contributed by atoms with E-state index in [-0.39, 0.29) is 32.0 Å². The van der Waals surface area contributed by atoms with Gasteiger partial charge >= 0.3 is 0 Å². The quantitative estimate of drug-likeness (QED) is 0.228. The van der Waals surface area contributed by atoms with Crippen LogP contribution in [0.2, 0.25) is 0 Å². The summed E-state index contributed by atoms with van der Waals surface area (Å²) < 4.78 is 24.7. The van der Waals surface area contributed by atoms with Gasteiger partial charge in [-0.1, -0.05) is 91.0 Å². The molecule has 4 aromatic rings. The van der Waals surface area contributed by atoms with Crippen LogP contribution in [-0.4, -0.2) is 47.7 Å². The van der Waals surface area contributed by atoms with E-state index in [9.17, 15) is 15.0 Å². The summed E-state index contributed by atoms with van der Waals surface area (Å²) in [7, 11) is 0. The van der Waals surface area contributed by atoms with Gasteiger partial charge in [-0.05, 0) is 29.2 Å². The zero-order chi connectivity index (χ0) is 28.6. The molecular weight excluding hydrogens is 520 g/mol. The highest BCUT2D eigenvalue weighted by molar-refractivity contribution is 6.01. The zero-order valence-corrected chi connectivity index (χ0v) is 22.9. The summed E-state index contributed by atoms with van der Waals surface area (Å²) in [6.07, 6.45) is -1.96. The minimum Gasteiger partial charge on any atom is -0.488 e. The third-order valence-electron chi connectivity index (χ3n) is 7.05. The normalized spacial score (nSPS) is 17.0. The van der Waals surface area contributed by atoms with Gasteiger partial charge in [0, 0.05) is 18.1 Å². The minimum atomic E-state index is -0.795. The Kier molecular flexibility index (Phi) is 9.44. The second-order valence-electron chi connectivity index (χ2n) is 9.92. The molecule has 7 nitrogen and oxygen atoms in total. The van der Waals surface area contributed by atoms with E-state index in [1.807, 2.05) is 91.0 Å². The van der Waals surface area contributed by atoms with Gasteiger partial charge in [0.1, 0.15) is 36.9 Å². The Labute approximate surface area is 239 Å². The molecule has 0 radical (unpaired) electrons. The number of carbonyl (C=O) groups excluding carboxylic acids is 1. The highest BCUT2D eigenvalue weighted by Crippen LogP contribution is 2.43. The van der Waals surface area contributed by atoms with E-state index in [1.165, 1.54) is 6.92 Å². The predicted octanol–water partition coefficient (Wildman–Crippen LogP) is 5.35. The summed E-state index contributed by atoms with van der Waals surface area (Å²) in [5.74, 6) is 0.776. The maximum atomic E-state index is 13.3. The Morgan fingerprint density at radius 2 is 1.22 bits per heavy atom. The van der Waals surface area contributed by atoms with Gasteiger partial charge in [0.2, 0.25) is 0 Å². The summed E-state index contributed by atoms with van der Waals surface area (Å²) >= 11 is 0. The Bertz CT molecular complexity index is 1410. The number of ketones is 1. The average molecular weight is 555 g/mol. The molecule has 0 unspecified atom stereocenters. The molecule has 0 spiro atoms. The Balaban J connectivity index is 1.63. The summed E-state index contributed by atoms with van der Waals surface area (Å²) in [6.45, 7) is 1.50. The van der Waals surface area contributed by atoms with Crippen LogP contribution < -0.4 is 9.47 Å². The Hall–Kier alpha value is -4.01. The van der Waals surface area contributed by atoms with Gasteiger partial charge in [0.05, 0.1) is 18.8 Å². The van der Waals surface area contributed by atoms with Gasteiger partial charge in [0.15, 0.2) is 12.1 Å². The molecule has 1 fully saturated rings. The van der Waals surface area contributed by atoms with Crippen LogP contribution in [0.5, 0.6) is 11.5 Å². The first-order valence-electron chi connectivity index (χ1n) is 13.7. The molecule has 1 aliphatic heterocycles. The van der Waals surface area contributed by atoms with Crippen LogP contribution in [0.15, 0.2) is 97.1 Å². The number of hydrogen-bond acceptors (Lipinski definition) is 7. The van der Waals surface area contributed by atoms with Crippen molar-refractivity contribution < 1.29 is 34.0 Å². The van der Waals surface area contributed by atoms with Gasteiger partial charge in [-0.3, -0.25) is 4.79 Å². The van der Waals surface area contributed by atoms with E-state index in [1.54, 1.807) is 6.07 Å². The fraction of sp³-hybridized carbons (Fsp3) is 0.265. The van der Waals surface area contributed by atoms with E-state index in [2.05, 4.69) is 0 Å². The van der Waals surface area contributed by atoms with E-state index in [0.29, 0.717) is 29.2 Å². The number of ether oxygens (including phenoxy) is 4. The molecule has 41 heavy (non-hydrogen) atoms. The lowest BCUT2D eigenvalue weighted by atomic mass is 9.89. The maximum Gasteiger partial charge on any atom is 0.163 e. The third kappa shape index (κ3) is 6.84. The van der Waals surface area contributed by atoms with E-state index < -0.39 is 18.5 Å². The minimum absolute atomic E-state index is 0.176. The van der Waals surface area contributed by atoms with Crippen LogP contribution in [0.25, 0.3) is 11.1 Å². The SMILES string of the molecule is CC(=O)c1c(OCc2ccccc2)cc(OCc2ccccc2)c(-c2ccccc2)c1CC1O[C@H](CO)[C@@H](CO)O1. The van der Waals surface area contributed by atoms with Crippen molar-refractivity contribution in [2.45, 2.75) is 45.1 Å². The van der Waals surface area contributed by atoms with Gasteiger partial charge in [-0.25, -0.2) is 0 Å². The molecule has 0 bridgehead atoms. The van der Waals surface area contributed by atoms with Crippen molar-refractivity contribution in [3.05, 3.63) is 119 Å². The van der Waals surface area contributed by atoms with Gasteiger partial charge in [0.25, 0.3) is 0 Å². The number of aliphatic hydroxyl groups is 2. The summed E-state index contributed by atoms with van der Waals surface area (Å²) in [5, 5.41) is 19.5. The second kappa shape index (κ2) is 13.6. The fourth-order valence-corrected chi connectivity index (χ4v) is 5.08. The summed E-state index contributed by atoms with van der Waals surface area (Å²) in [4.78, 5) is 13.3. The standard InChI is InChI=1S/C34H34O7/c1-23(37)33-27(17-32-40-30(19-35)31(20-36)41-32)34(26-15-9-4-10-16-26)29(39-22-25-13-7-3-8-14-25)18-28(33)38-21-24-11-5-2-6-12-24/h2-16,18,30-32,35-36H,17,19-22H2,1H3/t30-,31-/m1/s1. The number of Topliss-reactive ketones (excluding diaryl/α,β-unsaturated/α-hetero) is 1. The lowest BCUT2D eigenvalue weighted by Gasteiger charge is -2.23. The first kappa shape index (κ1) is 28.5. The second-order valence-corrected chi connectivity index (χ2v) is 9.92. The smallest absolute Gasteiger partial charge is 0.163 e. The molecule has 2 N–H and O–H groups in total. The molecule has 0 aliphatic carbocycles. The monoisotopic (exact) mass is 554 g/mol. The number of rotatable bonds is 12. The van der Waals surface area contributed by atoms with Gasteiger partial charge in [-0.15, -0.1) is 0 Å². The van der Waals surface area contributed by atoms with Crippen molar-refractivity contribution in [3.8, 4) is 22.6 Å². The van der Waals surface area contributed by atoms with E-state index in [0.717, 1.165) is 22.3 Å². The van der Waals surface area contributed by atoms with Gasteiger partial charge < -0.3 is 29.2 Å². The number of hydrogen-bond donors (Lipinski definition) is 2. The first-order chi connectivity index (χ1) is 20.1. The summed E-state index contributed by atoms with van der Waals surface area (Å²) in [5.41, 5.74) is 4.61. The summed E-state index contributed by atoms with van der Waals surface area (Å²) in [6, 6.07) is 31.1. The van der Waals surface area contributed by atoms with Crippen LogP contribution in [-0.2, 0) is 29.1 Å². The van der Waals surface area contributed by atoms with Crippen LogP contribution in [0, 0.1) is 0 Å². The predicted molar refractivity (Wildman–Crippen MR) is 155 cm³/mol. The molecule has 0 aromatic heterocycles. The van der Waals surface area contributed by atoms with Crippen molar-refractivity contribution in [2.24, 2.45) is 0 Å². The molecule has 2 atom stereocenters. The van der Waals surface area contributed by atoms with Crippen molar-refractivity contribution in [3.63, 3.8) is 0 Å². The molecule has 0 amide bonds. The molecule has 4 aromatic carbocycles. The van der Waals surface area contributed by atoms with Crippen molar-refractivity contribution in [2.75, 3.05) is 13.2 Å². The molecule has 1 aliphatic rings. The highest BCUT2D eigenvalue weighted by atomic mass is 16.7. The van der Waals surface area contributed by atoms with Crippen LogP contribution >= 0.6 is 0 Å².